The number of nitrogens with two attached hydrogens (primary N) is 1. The maximum absolute atomic E-state index is 10.6. The van der Waals surface area contributed by atoms with Gasteiger partial charge in [-0.25, -0.2) is 0 Å². The highest BCUT2D eigenvalue weighted by Gasteiger charge is 2.09. The van der Waals surface area contributed by atoms with Crippen LogP contribution >= 0.6 is 24.0 Å². The Kier molecular flexibility index (Phi) is 9.33. The quantitative estimate of drug-likeness (QED) is 0.182. The number of halogens is 1. The molecule has 0 unspecified atom stereocenters. The first kappa shape index (κ1) is 22.5. The molecule has 0 radical (unpaired) electrons. The van der Waals surface area contributed by atoms with Crippen LogP contribution in [0.4, 0.5) is 11.4 Å². The normalized spacial score (nSPS) is 10.8. The summed E-state index contributed by atoms with van der Waals surface area (Å²) in [5.41, 5.74) is 6.50. The number of nitro groups is 1. The summed E-state index contributed by atoms with van der Waals surface area (Å²) in [6.07, 6.45) is 2.54. The number of hydrogen-bond donors (Lipinski definition) is 2. The molecule has 0 saturated carbocycles. The van der Waals surface area contributed by atoms with E-state index in [1.807, 2.05) is 19.9 Å². The van der Waals surface area contributed by atoms with Gasteiger partial charge in [-0.15, -0.1) is 24.0 Å². The van der Waals surface area contributed by atoms with Crippen LogP contribution in [-0.4, -0.2) is 40.4 Å². The summed E-state index contributed by atoms with van der Waals surface area (Å²) in [6.45, 7) is 5.53. The number of benzene rings is 1. The van der Waals surface area contributed by atoms with E-state index in [4.69, 9.17) is 15.2 Å². The Morgan fingerprint density at radius 2 is 2.11 bits per heavy atom. The van der Waals surface area contributed by atoms with Gasteiger partial charge < -0.3 is 20.5 Å². The molecule has 0 aliphatic carbocycles. The van der Waals surface area contributed by atoms with Gasteiger partial charge in [0, 0.05) is 6.07 Å². The van der Waals surface area contributed by atoms with Gasteiger partial charge in [-0.2, -0.15) is 5.10 Å². The molecule has 2 rings (SSSR count). The molecule has 148 valence electrons. The van der Waals surface area contributed by atoms with Crippen molar-refractivity contribution in [2.75, 3.05) is 25.1 Å². The zero-order valence-electron chi connectivity index (χ0n) is 15.1. The average molecular weight is 490 g/mol. The van der Waals surface area contributed by atoms with Crippen LogP contribution in [0.1, 0.15) is 13.8 Å². The number of ether oxygens (including phenoxy) is 2. The molecule has 0 amide bonds. The summed E-state index contributed by atoms with van der Waals surface area (Å²) in [5, 5.41) is 17.5. The number of hydrogen-bond acceptors (Lipinski definition) is 6. The van der Waals surface area contributed by atoms with Crippen molar-refractivity contribution in [3.8, 4) is 11.5 Å². The van der Waals surface area contributed by atoms with Crippen molar-refractivity contribution in [3.63, 3.8) is 0 Å². The zero-order valence-corrected chi connectivity index (χ0v) is 17.5. The Hall–Kier alpha value is -2.57. The Bertz CT molecular complexity index is 780. The molecule has 0 aliphatic rings. The van der Waals surface area contributed by atoms with Crippen molar-refractivity contribution >= 4 is 41.3 Å². The van der Waals surface area contributed by atoms with E-state index in [2.05, 4.69) is 15.4 Å². The van der Waals surface area contributed by atoms with Crippen molar-refractivity contribution in [1.82, 2.24) is 9.78 Å². The molecule has 0 spiro atoms. The van der Waals surface area contributed by atoms with E-state index in [1.165, 1.54) is 17.1 Å². The SMILES string of the molecule is CCOc1ccc(OCC)c(NC(N)=NCCn2cc([N+](=O)[O-])cn2)c1.I. The smallest absolute Gasteiger partial charge is 0.306 e. The molecule has 0 saturated heterocycles. The van der Waals surface area contributed by atoms with E-state index in [0.717, 1.165) is 0 Å². The molecule has 1 aromatic carbocycles. The lowest BCUT2D eigenvalue weighted by Crippen LogP contribution is -2.24. The second-order valence-electron chi connectivity index (χ2n) is 5.13. The first-order valence-corrected chi connectivity index (χ1v) is 8.17. The summed E-state index contributed by atoms with van der Waals surface area (Å²) in [4.78, 5) is 14.3. The number of guanidine groups is 1. The highest BCUT2D eigenvalue weighted by molar-refractivity contribution is 14.0. The lowest BCUT2D eigenvalue weighted by molar-refractivity contribution is -0.385. The third-order valence-electron chi connectivity index (χ3n) is 3.27. The number of nitrogens with one attached hydrogen (secondary N) is 1. The van der Waals surface area contributed by atoms with Gasteiger partial charge in [-0.05, 0) is 26.0 Å². The van der Waals surface area contributed by atoms with Gasteiger partial charge in [0.25, 0.3) is 0 Å². The van der Waals surface area contributed by atoms with Crippen LogP contribution < -0.4 is 20.5 Å². The fraction of sp³-hybridized carbons (Fsp3) is 0.375. The van der Waals surface area contributed by atoms with Gasteiger partial charge in [0.15, 0.2) is 5.96 Å². The zero-order chi connectivity index (χ0) is 18.9. The number of anilines is 1. The van der Waals surface area contributed by atoms with Crippen LogP contribution in [0.5, 0.6) is 11.5 Å². The first-order chi connectivity index (χ1) is 12.5. The third kappa shape index (κ3) is 6.92. The fourth-order valence-corrected chi connectivity index (χ4v) is 2.16. The molecule has 0 fully saturated rings. The van der Waals surface area contributed by atoms with Crippen molar-refractivity contribution < 1.29 is 14.4 Å². The van der Waals surface area contributed by atoms with Crippen LogP contribution in [0.3, 0.4) is 0 Å². The summed E-state index contributed by atoms with van der Waals surface area (Å²) >= 11 is 0. The topological polar surface area (TPSA) is 130 Å². The molecule has 2 aromatic rings. The van der Waals surface area contributed by atoms with Gasteiger partial charge in [-0.3, -0.25) is 19.8 Å². The standard InChI is InChI=1S/C16H22N6O4.HI/c1-3-25-13-5-6-15(26-4-2)14(9-13)20-16(17)18-7-8-21-11-12(10-19-21)22(23)24;/h5-6,9-11H,3-4,7-8H2,1-2H3,(H3,17,18,20);1H. The molecule has 1 heterocycles. The molecule has 27 heavy (non-hydrogen) atoms. The van der Waals surface area contributed by atoms with Gasteiger partial charge >= 0.3 is 5.69 Å². The lowest BCUT2D eigenvalue weighted by Gasteiger charge is -2.14. The summed E-state index contributed by atoms with van der Waals surface area (Å²) in [7, 11) is 0. The van der Waals surface area contributed by atoms with Crippen molar-refractivity contribution in [3.05, 3.63) is 40.7 Å². The Morgan fingerprint density at radius 3 is 2.74 bits per heavy atom. The van der Waals surface area contributed by atoms with Crippen LogP contribution in [0.15, 0.2) is 35.6 Å². The minimum Gasteiger partial charge on any atom is -0.494 e. The largest absolute Gasteiger partial charge is 0.494 e. The molecule has 10 nitrogen and oxygen atoms in total. The predicted octanol–water partition coefficient (Wildman–Crippen LogP) is 2.63. The van der Waals surface area contributed by atoms with Crippen molar-refractivity contribution in [2.45, 2.75) is 20.4 Å². The van der Waals surface area contributed by atoms with Gasteiger partial charge in [0.1, 0.15) is 23.9 Å². The number of rotatable bonds is 9. The van der Waals surface area contributed by atoms with Gasteiger partial charge in [-0.1, -0.05) is 0 Å². The Labute approximate surface area is 173 Å². The Balaban J connectivity index is 0.00000364. The summed E-state index contributed by atoms with van der Waals surface area (Å²) in [5.74, 6) is 1.52. The molecule has 0 aliphatic heterocycles. The van der Waals surface area contributed by atoms with Crippen LogP contribution in [-0.2, 0) is 6.54 Å². The second kappa shape index (κ2) is 11.2. The van der Waals surface area contributed by atoms with E-state index in [9.17, 15) is 10.1 Å². The lowest BCUT2D eigenvalue weighted by atomic mass is 10.2. The first-order valence-electron chi connectivity index (χ1n) is 8.17. The molecule has 0 atom stereocenters. The maximum atomic E-state index is 10.6. The number of nitrogens with zero attached hydrogens (tertiary/aromatic N) is 4. The number of aliphatic imine (C=N–C) groups is 1. The Morgan fingerprint density at radius 1 is 1.37 bits per heavy atom. The van der Waals surface area contributed by atoms with E-state index < -0.39 is 4.92 Å². The van der Waals surface area contributed by atoms with Crippen molar-refractivity contribution in [1.29, 1.82) is 0 Å². The van der Waals surface area contributed by atoms with Crippen molar-refractivity contribution in [2.24, 2.45) is 10.7 Å². The minimum absolute atomic E-state index is 0. The molecule has 0 bridgehead atoms. The molecular weight excluding hydrogens is 467 g/mol. The van der Waals surface area contributed by atoms with E-state index in [1.54, 1.807) is 12.1 Å². The summed E-state index contributed by atoms with van der Waals surface area (Å²) < 4.78 is 12.5. The monoisotopic (exact) mass is 490 g/mol. The van der Waals surface area contributed by atoms with Gasteiger partial charge in [0.05, 0.1) is 36.9 Å². The van der Waals surface area contributed by atoms with E-state index in [0.29, 0.717) is 43.5 Å². The van der Waals surface area contributed by atoms with Crippen LogP contribution in [0.25, 0.3) is 0 Å². The predicted molar refractivity (Wildman–Crippen MR) is 113 cm³/mol. The summed E-state index contributed by atoms with van der Waals surface area (Å²) in [6, 6.07) is 5.40. The molecular formula is C16H23IN6O4. The molecule has 3 N–H and O–H groups in total. The second-order valence-corrected chi connectivity index (χ2v) is 5.13. The highest BCUT2D eigenvalue weighted by Crippen LogP contribution is 2.29. The van der Waals surface area contributed by atoms with Crippen LogP contribution in [0.2, 0.25) is 0 Å². The molecule has 1 aromatic heterocycles. The number of aromatic nitrogens is 2. The third-order valence-corrected chi connectivity index (χ3v) is 3.27. The molecule has 11 heteroatoms. The van der Waals surface area contributed by atoms with E-state index >= 15 is 0 Å². The van der Waals surface area contributed by atoms with Crippen LogP contribution in [0, 0.1) is 10.1 Å². The van der Waals surface area contributed by atoms with Gasteiger partial charge in [0.2, 0.25) is 0 Å². The fourth-order valence-electron chi connectivity index (χ4n) is 2.16. The maximum Gasteiger partial charge on any atom is 0.306 e. The average Bonchev–Trinajstić information content (AvgIpc) is 3.07. The van der Waals surface area contributed by atoms with E-state index in [-0.39, 0.29) is 35.6 Å². The highest BCUT2D eigenvalue weighted by atomic mass is 127. The minimum atomic E-state index is -0.497.